The topological polar surface area (TPSA) is 64.4 Å². The summed E-state index contributed by atoms with van der Waals surface area (Å²) in [7, 11) is 0. The summed E-state index contributed by atoms with van der Waals surface area (Å²) in [4.78, 5) is 11.7. The van der Waals surface area contributed by atoms with Crippen molar-refractivity contribution in [3.8, 4) is 5.75 Å². The van der Waals surface area contributed by atoms with E-state index < -0.39 is 24.6 Å². The number of amides is 1. The zero-order chi connectivity index (χ0) is 15.3. The lowest BCUT2D eigenvalue weighted by molar-refractivity contribution is -0.153. The van der Waals surface area contributed by atoms with Crippen molar-refractivity contribution in [3.05, 3.63) is 23.2 Å². The van der Waals surface area contributed by atoms with Crippen LogP contribution in [0.3, 0.4) is 0 Å². The molecule has 0 aliphatic carbocycles. The van der Waals surface area contributed by atoms with Crippen molar-refractivity contribution >= 4 is 35.6 Å². The lowest BCUT2D eigenvalue weighted by Gasteiger charge is -2.15. The van der Waals surface area contributed by atoms with Crippen molar-refractivity contribution in [3.63, 3.8) is 0 Å². The summed E-state index contributed by atoms with van der Waals surface area (Å²) in [5.41, 5.74) is 5.42. The van der Waals surface area contributed by atoms with E-state index in [-0.39, 0.29) is 35.4 Å². The van der Waals surface area contributed by atoms with E-state index in [0.29, 0.717) is 0 Å². The molecule has 1 atom stereocenters. The molecule has 0 radical (unpaired) electrons. The minimum Gasteiger partial charge on any atom is -0.482 e. The van der Waals surface area contributed by atoms with Crippen LogP contribution in [0.25, 0.3) is 0 Å². The summed E-state index contributed by atoms with van der Waals surface area (Å²) in [5, 5.41) is 2.71. The van der Waals surface area contributed by atoms with Gasteiger partial charge in [0.05, 0.1) is 5.69 Å². The van der Waals surface area contributed by atoms with Crippen LogP contribution in [0.1, 0.15) is 6.92 Å². The molecule has 0 aliphatic heterocycles. The summed E-state index contributed by atoms with van der Waals surface area (Å²) in [6, 6.07) is 3.94. The van der Waals surface area contributed by atoms with Crippen molar-refractivity contribution < 1.29 is 22.7 Å². The van der Waals surface area contributed by atoms with Gasteiger partial charge in [0, 0.05) is 17.5 Å². The Morgan fingerprint density at radius 2 is 2.10 bits per heavy atom. The number of halogens is 5. The number of nitrogens with one attached hydrogen (secondary N) is 1. The molecule has 21 heavy (non-hydrogen) atoms. The lowest BCUT2D eigenvalue weighted by atomic mass is 10.1. The quantitative estimate of drug-likeness (QED) is 0.860. The number of carbonyl (C=O) groups is 1. The number of nitrogens with two attached hydrogens (primary N) is 1. The fourth-order valence-electron chi connectivity index (χ4n) is 1.25. The van der Waals surface area contributed by atoms with Gasteiger partial charge in [-0.3, -0.25) is 4.79 Å². The van der Waals surface area contributed by atoms with Crippen molar-refractivity contribution in [2.75, 3.05) is 18.5 Å². The Labute approximate surface area is 131 Å². The maximum atomic E-state index is 12.1. The van der Waals surface area contributed by atoms with Crippen LogP contribution in [-0.2, 0) is 4.79 Å². The second kappa shape index (κ2) is 8.31. The molecule has 0 aromatic heterocycles. The predicted molar refractivity (Wildman–Crippen MR) is 77.1 cm³/mol. The number of hydrogen-bond donors (Lipinski definition) is 2. The number of benzene rings is 1. The van der Waals surface area contributed by atoms with E-state index in [0.717, 1.165) is 0 Å². The summed E-state index contributed by atoms with van der Waals surface area (Å²) in [6.45, 7) is 0.255. The van der Waals surface area contributed by atoms with E-state index in [9.17, 15) is 18.0 Å². The first-order chi connectivity index (χ1) is 9.23. The molecule has 4 nitrogen and oxygen atoms in total. The minimum atomic E-state index is -4.47. The minimum absolute atomic E-state index is 0. The first kappa shape index (κ1) is 19.8. The standard InChI is InChI=1S/C12H14ClF3N2O2.ClH/c1-7(5-17)11(19)18-9-4-8(13)2-3-10(9)20-6-12(14,15)16;/h2-4,7H,5-6,17H2,1H3,(H,18,19);1H. The zero-order valence-corrected chi connectivity index (χ0v) is 12.6. The van der Waals surface area contributed by atoms with Crippen molar-refractivity contribution in [2.45, 2.75) is 13.1 Å². The molecule has 0 bridgehead atoms. The third-order valence-electron chi connectivity index (χ3n) is 2.39. The molecule has 1 rings (SSSR count). The lowest BCUT2D eigenvalue weighted by Crippen LogP contribution is -2.27. The van der Waals surface area contributed by atoms with Gasteiger partial charge < -0.3 is 15.8 Å². The SMILES string of the molecule is CC(CN)C(=O)Nc1cc(Cl)ccc1OCC(F)(F)F.Cl. The number of rotatable bonds is 5. The van der Waals surface area contributed by atoms with Gasteiger partial charge in [0.25, 0.3) is 0 Å². The van der Waals surface area contributed by atoms with Crippen LogP contribution >= 0.6 is 24.0 Å². The van der Waals surface area contributed by atoms with Crippen LogP contribution in [0.15, 0.2) is 18.2 Å². The Hall–Kier alpha value is -1.18. The molecule has 0 spiro atoms. The van der Waals surface area contributed by atoms with Crippen LogP contribution in [0, 0.1) is 5.92 Å². The van der Waals surface area contributed by atoms with Gasteiger partial charge in [-0.1, -0.05) is 18.5 Å². The molecular formula is C12H15Cl2F3N2O2. The maximum absolute atomic E-state index is 12.1. The molecule has 120 valence electrons. The largest absolute Gasteiger partial charge is 0.482 e. The van der Waals surface area contributed by atoms with Gasteiger partial charge in [0.15, 0.2) is 6.61 Å². The first-order valence-electron chi connectivity index (χ1n) is 5.73. The second-order valence-electron chi connectivity index (χ2n) is 4.17. The monoisotopic (exact) mass is 346 g/mol. The Bertz CT molecular complexity index is 484. The van der Waals surface area contributed by atoms with E-state index in [2.05, 4.69) is 10.1 Å². The van der Waals surface area contributed by atoms with Gasteiger partial charge in [-0.25, -0.2) is 0 Å². The Balaban J connectivity index is 0.00000400. The number of anilines is 1. The fraction of sp³-hybridized carbons (Fsp3) is 0.417. The molecule has 0 aliphatic rings. The molecule has 1 unspecified atom stereocenters. The molecule has 1 aromatic carbocycles. The normalized spacial score (nSPS) is 12.3. The second-order valence-corrected chi connectivity index (χ2v) is 4.61. The molecule has 0 saturated carbocycles. The van der Waals surface area contributed by atoms with E-state index >= 15 is 0 Å². The van der Waals surface area contributed by atoms with E-state index in [1.807, 2.05) is 0 Å². The molecule has 9 heteroatoms. The Kier molecular flexibility index (Phi) is 7.84. The predicted octanol–water partition coefficient (Wildman–Crippen LogP) is 3.24. The van der Waals surface area contributed by atoms with Crippen LogP contribution < -0.4 is 15.8 Å². The molecule has 3 N–H and O–H groups in total. The average Bonchev–Trinajstić information content (AvgIpc) is 2.35. The van der Waals surface area contributed by atoms with Crippen molar-refractivity contribution in [1.29, 1.82) is 0 Å². The van der Waals surface area contributed by atoms with Gasteiger partial charge in [-0.2, -0.15) is 13.2 Å². The highest BCUT2D eigenvalue weighted by Gasteiger charge is 2.29. The number of ether oxygens (including phenoxy) is 1. The maximum Gasteiger partial charge on any atom is 0.422 e. The first-order valence-corrected chi connectivity index (χ1v) is 6.10. The van der Waals surface area contributed by atoms with Crippen LogP contribution in [0.4, 0.5) is 18.9 Å². The van der Waals surface area contributed by atoms with E-state index in [4.69, 9.17) is 17.3 Å². The van der Waals surface area contributed by atoms with Gasteiger partial charge in [0.1, 0.15) is 5.75 Å². The Morgan fingerprint density at radius 3 is 2.62 bits per heavy atom. The molecular weight excluding hydrogens is 332 g/mol. The fourth-order valence-corrected chi connectivity index (χ4v) is 1.42. The zero-order valence-electron chi connectivity index (χ0n) is 11.0. The van der Waals surface area contributed by atoms with Crippen LogP contribution in [-0.4, -0.2) is 25.2 Å². The van der Waals surface area contributed by atoms with E-state index in [1.165, 1.54) is 18.2 Å². The highest BCUT2D eigenvalue weighted by atomic mass is 35.5. The summed E-state index contributed by atoms with van der Waals surface area (Å²) in [5.74, 6) is -1.01. The molecule has 1 aromatic rings. The molecule has 0 fully saturated rings. The van der Waals surface area contributed by atoms with Gasteiger partial charge in [-0.05, 0) is 18.2 Å². The molecule has 0 heterocycles. The van der Waals surface area contributed by atoms with Crippen LogP contribution in [0.5, 0.6) is 5.75 Å². The highest BCUT2D eigenvalue weighted by molar-refractivity contribution is 6.31. The number of carbonyl (C=O) groups excluding carboxylic acids is 1. The third-order valence-corrected chi connectivity index (χ3v) is 2.63. The average molecular weight is 347 g/mol. The summed E-state index contributed by atoms with van der Waals surface area (Å²) < 4.78 is 41.1. The summed E-state index contributed by atoms with van der Waals surface area (Å²) >= 11 is 5.75. The number of alkyl halides is 3. The molecule has 0 saturated heterocycles. The van der Waals surface area contributed by atoms with Crippen molar-refractivity contribution in [2.24, 2.45) is 11.7 Å². The third kappa shape index (κ3) is 6.88. The van der Waals surface area contributed by atoms with Crippen molar-refractivity contribution in [1.82, 2.24) is 0 Å². The summed E-state index contributed by atoms with van der Waals surface area (Å²) in [6.07, 6.45) is -4.47. The van der Waals surface area contributed by atoms with Crippen LogP contribution in [0.2, 0.25) is 5.02 Å². The van der Waals surface area contributed by atoms with Gasteiger partial charge in [-0.15, -0.1) is 12.4 Å². The highest BCUT2D eigenvalue weighted by Crippen LogP contribution is 2.30. The van der Waals surface area contributed by atoms with E-state index in [1.54, 1.807) is 6.92 Å². The Morgan fingerprint density at radius 1 is 1.48 bits per heavy atom. The molecule has 1 amide bonds. The van der Waals surface area contributed by atoms with Gasteiger partial charge in [0.2, 0.25) is 5.91 Å². The smallest absolute Gasteiger partial charge is 0.422 e. The number of hydrogen-bond acceptors (Lipinski definition) is 3. The van der Waals surface area contributed by atoms with Gasteiger partial charge >= 0.3 is 6.18 Å².